The predicted octanol–water partition coefficient (Wildman–Crippen LogP) is 3.62. The topological polar surface area (TPSA) is 51.2 Å². The molecular weight excluding hydrogens is 288 g/mol. The molecule has 0 atom stereocenters. The molecular formula is C16H17ClN2O2. The van der Waals surface area contributed by atoms with Gasteiger partial charge in [0.15, 0.2) is 6.61 Å². The number of benzene rings is 1. The van der Waals surface area contributed by atoms with Crippen molar-refractivity contribution in [3.8, 4) is 5.75 Å². The molecule has 5 heteroatoms. The van der Waals surface area contributed by atoms with E-state index in [9.17, 15) is 4.79 Å². The van der Waals surface area contributed by atoms with E-state index in [2.05, 4.69) is 10.3 Å². The molecule has 0 spiro atoms. The van der Waals surface area contributed by atoms with Crippen molar-refractivity contribution in [1.29, 1.82) is 0 Å². The molecule has 2 rings (SSSR count). The summed E-state index contributed by atoms with van der Waals surface area (Å²) in [7, 11) is 0. The summed E-state index contributed by atoms with van der Waals surface area (Å²) in [6, 6.07) is 10.7. The fourth-order valence-electron chi connectivity index (χ4n) is 1.89. The van der Waals surface area contributed by atoms with E-state index >= 15 is 0 Å². The summed E-state index contributed by atoms with van der Waals surface area (Å²) in [6.07, 6.45) is 0.757. The van der Waals surface area contributed by atoms with Gasteiger partial charge in [-0.2, -0.15) is 0 Å². The zero-order chi connectivity index (χ0) is 15.2. The second-order valence-electron chi connectivity index (χ2n) is 4.60. The van der Waals surface area contributed by atoms with Crippen molar-refractivity contribution in [1.82, 2.24) is 4.98 Å². The number of pyridine rings is 1. The maximum absolute atomic E-state index is 11.9. The number of aromatic nitrogens is 1. The van der Waals surface area contributed by atoms with Crippen LogP contribution in [0.3, 0.4) is 0 Å². The summed E-state index contributed by atoms with van der Waals surface area (Å²) in [5, 5.41) is 3.31. The van der Waals surface area contributed by atoms with E-state index < -0.39 is 0 Å². The minimum absolute atomic E-state index is 0.0652. The lowest BCUT2D eigenvalue weighted by Crippen LogP contribution is -2.20. The van der Waals surface area contributed by atoms with Crippen LogP contribution in [-0.2, 0) is 11.2 Å². The van der Waals surface area contributed by atoms with Crippen molar-refractivity contribution in [2.75, 3.05) is 11.9 Å². The average molecular weight is 305 g/mol. The number of hydrogen-bond donors (Lipinski definition) is 1. The van der Waals surface area contributed by atoms with Gasteiger partial charge >= 0.3 is 0 Å². The third-order valence-electron chi connectivity index (χ3n) is 2.87. The average Bonchev–Trinajstić information content (AvgIpc) is 2.45. The summed E-state index contributed by atoms with van der Waals surface area (Å²) in [4.78, 5) is 16.3. The molecule has 0 unspecified atom stereocenters. The highest BCUT2D eigenvalue weighted by atomic mass is 35.5. The Balaban J connectivity index is 1.95. The van der Waals surface area contributed by atoms with Gasteiger partial charge in [-0.3, -0.25) is 9.78 Å². The van der Waals surface area contributed by atoms with Crippen LogP contribution in [0.1, 0.15) is 18.3 Å². The SMILES string of the molecule is CCc1nc(C)ccc1OCC(=O)Nc1cccc(Cl)c1. The Morgan fingerprint density at radius 2 is 2.14 bits per heavy atom. The van der Waals surface area contributed by atoms with E-state index in [1.54, 1.807) is 24.3 Å². The number of hydrogen-bond acceptors (Lipinski definition) is 3. The number of rotatable bonds is 5. The Bertz CT molecular complexity index is 644. The molecule has 0 saturated carbocycles. The molecule has 0 fully saturated rings. The molecule has 1 heterocycles. The van der Waals surface area contributed by atoms with Crippen LogP contribution in [0.25, 0.3) is 0 Å². The highest BCUT2D eigenvalue weighted by molar-refractivity contribution is 6.30. The second-order valence-corrected chi connectivity index (χ2v) is 5.03. The van der Waals surface area contributed by atoms with E-state index in [1.807, 2.05) is 26.0 Å². The zero-order valence-electron chi connectivity index (χ0n) is 12.0. The Morgan fingerprint density at radius 1 is 1.33 bits per heavy atom. The molecule has 0 aliphatic heterocycles. The number of anilines is 1. The molecule has 1 N–H and O–H groups in total. The Labute approximate surface area is 129 Å². The molecule has 21 heavy (non-hydrogen) atoms. The largest absolute Gasteiger partial charge is 0.482 e. The smallest absolute Gasteiger partial charge is 0.262 e. The molecule has 0 radical (unpaired) electrons. The summed E-state index contributed by atoms with van der Waals surface area (Å²) in [6.45, 7) is 3.86. The first-order valence-corrected chi connectivity index (χ1v) is 7.11. The van der Waals surface area contributed by atoms with Crippen LogP contribution >= 0.6 is 11.6 Å². The van der Waals surface area contributed by atoms with Gasteiger partial charge in [0.05, 0.1) is 5.69 Å². The first-order chi connectivity index (χ1) is 10.1. The Morgan fingerprint density at radius 3 is 2.86 bits per heavy atom. The van der Waals surface area contributed by atoms with Crippen LogP contribution < -0.4 is 10.1 Å². The van der Waals surface area contributed by atoms with Crippen molar-refractivity contribution in [3.63, 3.8) is 0 Å². The quantitative estimate of drug-likeness (QED) is 0.918. The van der Waals surface area contributed by atoms with Crippen LogP contribution in [0.4, 0.5) is 5.69 Å². The molecule has 1 aromatic heterocycles. The van der Waals surface area contributed by atoms with Crippen molar-refractivity contribution in [2.24, 2.45) is 0 Å². The van der Waals surface area contributed by atoms with Gasteiger partial charge < -0.3 is 10.1 Å². The summed E-state index contributed by atoms with van der Waals surface area (Å²) in [5.74, 6) is 0.407. The minimum Gasteiger partial charge on any atom is -0.482 e. The van der Waals surface area contributed by atoms with E-state index in [0.717, 1.165) is 17.8 Å². The zero-order valence-corrected chi connectivity index (χ0v) is 12.8. The van der Waals surface area contributed by atoms with Gasteiger partial charge in [-0.1, -0.05) is 24.6 Å². The van der Waals surface area contributed by atoms with Gasteiger partial charge in [-0.25, -0.2) is 0 Å². The summed E-state index contributed by atoms with van der Waals surface area (Å²) < 4.78 is 5.54. The Hall–Kier alpha value is -2.07. The number of carbonyl (C=O) groups excluding carboxylic acids is 1. The highest BCUT2D eigenvalue weighted by Gasteiger charge is 2.08. The molecule has 110 valence electrons. The predicted molar refractivity (Wildman–Crippen MR) is 83.9 cm³/mol. The molecule has 4 nitrogen and oxygen atoms in total. The van der Waals surface area contributed by atoms with Crippen LogP contribution in [0.15, 0.2) is 36.4 Å². The third kappa shape index (κ3) is 4.46. The lowest BCUT2D eigenvalue weighted by Gasteiger charge is -2.10. The van der Waals surface area contributed by atoms with Crippen LogP contribution in [0.5, 0.6) is 5.75 Å². The number of ether oxygens (including phenoxy) is 1. The number of amides is 1. The first kappa shape index (κ1) is 15.3. The maximum Gasteiger partial charge on any atom is 0.262 e. The Kier molecular flexibility index (Phi) is 5.17. The molecule has 2 aromatic rings. The lowest BCUT2D eigenvalue weighted by atomic mass is 10.2. The molecule has 0 bridgehead atoms. The molecule has 0 aliphatic carbocycles. The summed E-state index contributed by atoms with van der Waals surface area (Å²) >= 11 is 5.86. The maximum atomic E-state index is 11.9. The third-order valence-corrected chi connectivity index (χ3v) is 3.11. The number of carbonyl (C=O) groups is 1. The molecule has 0 aliphatic rings. The van der Waals surface area contributed by atoms with Gasteiger partial charge in [0.25, 0.3) is 5.91 Å². The summed E-state index contributed by atoms with van der Waals surface area (Å²) in [5.41, 5.74) is 2.43. The van der Waals surface area contributed by atoms with E-state index in [4.69, 9.17) is 16.3 Å². The monoisotopic (exact) mass is 304 g/mol. The number of nitrogens with zero attached hydrogens (tertiary/aromatic N) is 1. The standard InChI is InChI=1S/C16H17ClN2O2/c1-3-14-15(8-7-11(2)18-14)21-10-16(20)19-13-6-4-5-12(17)9-13/h4-9H,3,10H2,1-2H3,(H,19,20). The van der Waals surface area contributed by atoms with E-state index in [1.165, 1.54) is 0 Å². The fourth-order valence-corrected chi connectivity index (χ4v) is 2.08. The van der Waals surface area contributed by atoms with E-state index in [0.29, 0.717) is 16.5 Å². The van der Waals surface area contributed by atoms with Crippen molar-refractivity contribution in [3.05, 3.63) is 52.8 Å². The highest BCUT2D eigenvalue weighted by Crippen LogP contribution is 2.18. The van der Waals surface area contributed by atoms with Crippen LogP contribution in [0.2, 0.25) is 5.02 Å². The van der Waals surface area contributed by atoms with Crippen molar-refractivity contribution < 1.29 is 9.53 Å². The van der Waals surface area contributed by atoms with Gasteiger partial charge in [0.1, 0.15) is 5.75 Å². The normalized spacial score (nSPS) is 10.2. The van der Waals surface area contributed by atoms with Crippen LogP contribution in [-0.4, -0.2) is 17.5 Å². The van der Waals surface area contributed by atoms with Crippen LogP contribution in [0, 0.1) is 6.92 Å². The second kappa shape index (κ2) is 7.09. The van der Waals surface area contributed by atoms with Crippen molar-refractivity contribution >= 4 is 23.2 Å². The fraction of sp³-hybridized carbons (Fsp3) is 0.250. The van der Waals surface area contributed by atoms with Gasteiger partial charge in [-0.05, 0) is 43.7 Å². The first-order valence-electron chi connectivity index (χ1n) is 6.73. The number of halogens is 1. The lowest BCUT2D eigenvalue weighted by molar-refractivity contribution is -0.118. The molecule has 1 amide bonds. The van der Waals surface area contributed by atoms with Gasteiger partial charge in [0.2, 0.25) is 0 Å². The molecule has 1 aromatic carbocycles. The number of aryl methyl sites for hydroxylation is 2. The van der Waals surface area contributed by atoms with E-state index in [-0.39, 0.29) is 12.5 Å². The number of nitrogens with one attached hydrogen (secondary N) is 1. The van der Waals surface area contributed by atoms with Crippen molar-refractivity contribution in [2.45, 2.75) is 20.3 Å². The van der Waals surface area contributed by atoms with Gasteiger partial charge in [-0.15, -0.1) is 0 Å². The van der Waals surface area contributed by atoms with Gasteiger partial charge in [0, 0.05) is 16.4 Å². The molecule has 0 saturated heterocycles. The minimum atomic E-state index is -0.236.